The van der Waals surface area contributed by atoms with Crippen LogP contribution in [0.2, 0.25) is 0 Å². The largest absolute Gasteiger partial charge is 0.481 e. The predicted molar refractivity (Wildman–Crippen MR) is 118 cm³/mol. The summed E-state index contributed by atoms with van der Waals surface area (Å²) in [4.78, 5) is 24.1. The minimum absolute atomic E-state index is 0.128. The van der Waals surface area contributed by atoms with Crippen LogP contribution >= 0.6 is 0 Å². The first kappa shape index (κ1) is 22.8. The molecule has 3 aliphatic carbocycles. The van der Waals surface area contributed by atoms with E-state index in [1.165, 1.54) is 38.5 Å². The molecule has 1 N–H and O–H groups in total. The maximum absolute atomic E-state index is 12.9. The normalized spacial score (nSPS) is 40.6. The Labute approximate surface area is 178 Å². The van der Waals surface area contributed by atoms with Gasteiger partial charge in [0.15, 0.2) is 0 Å². The summed E-state index contributed by atoms with van der Waals surface area (Å²) in [6.07, 6.45) is 11.4. The van der Waals surface area contributed by atoms with Crippen LogP contribution in [0, 0.1) is 46.3 Å². The zero-order valence-corrected chi connectivity index (χ0v) is 19.5. The monoisotopic (exact) mass is 404 g/mol. The smallest absolute Gasteiger partial charge is 0.303 e. The van der Waals surface area contributed by atoms with Crippen molar-refractivity contribution in [2.24, 2.45) is 46.3 Å². The van der Waals surface area contributed by atoms with E-state index in [1.54, 1.807) is 0 Å². The van der Waals surface area contributed by atoms with E-state index < -0.39 is 11.4 Å². The Hall–Kier alpha value is -0.860. The van der Waals surface area contributed by atoms with Crippen LogP contribution in [0.25, 0.3) is 0 Å². The van der Waals surface area contributed by atoms with Gasteiger partial charge in [0.05, 0.1) is 0 Å². The summed E-state index contributed by atoms with van der Waals surface area (Å²) >= 11 is 0. The molecule has 3 nitrogen and oxygen atoms in total. The fraction of sp³-hybridized carbons (Fsp3) is 0.923. The average molecular weight is 405 g/mol. The number of carboxylic acids is 1. The van der Waals surface area contributed by atoms with E-state index in [9.17, 15) is 14.7 Å². The number of fused-ring (bicyclic) bond motifs is 3. The van der Waals surface area contributed by atoms with Crippen LogP contribution in [0.15, 0.2) is 0 Å². The second-order valence-corrected chi connectivity index (χ2v) is 11.7. The van der Waals surface area contributed by atoms with E-state index in [2.05, 4.69) is 34.6 Å². The minimum atomic E-state index is -0.766. The lowest BCUT2D eigenvalue weighted by molar-refractivity contribution is -0.148. The van der Waals surface area contributed by atoms with Gasteiger partial charge in [-0.05, 0) is 79.4 Å². The molecule has 3 aliphatic rings. The lowest BCUT2D eigenvalue weighted by Gasteiger charge is -2.56. The van der Waals surface area contributed by atoms with Crippen LogP contribution in [0.3, 0.4) is 0 Å². The highest BCUT2D eigenvalue weighted by Gasteiger charge is 2.59. The number of ketones is 1. The topological polar surface area (TPSA) is 54.4 Å². The number of hydrogen-bond acceptors (Lipinski definition) is 2. The van der Waals surface area contributed by atoms with Crippen molar-refractivity contribution >= 4 is 11.8 Å². The van der Waals surface area contributed by atoms with Crippen LogP contribution in [0.5, 0.6) is 0 Å². The van der Waals surface area contributed by atoms with Crippen molar-refractivity contribution in [3.8, 4) is 0 Å². The number of carboxylic acid groups (broad SMARTS) is 1. The van der Waals surface area contributed by atoms with Crippen molar-refractivity contribution in [1.29, 1.82) is 0 Å². The Bertz CT molecular complexity index is 611. The molecule has 3 heteroatoms. The van der Waals surface area contributed by atoms with E-state index in [1.807, 2.05) is 0 Å². The molecule has 166 valence electrons. The average Bonchev–Trinajstić information content (AvgIpc) is 3.00. The number of rotatable bonds is 8. The van der Waals surface area contributed by atoms with Crippen LogP contribution in [-0.2, 0) is 9.59 Å². The summed E-state index contributed by atoms with van der Waals surface area (Å²) in [5.74, 6) is 3.74. The van der Waals surface area contributed by atoms with Gasteiger partial charge < -0.3 is 5.11 Å². The minimum Gasteiger partial charge on any atom is -0.481 e. The molecule has 3 saturated carbocycles. The Balaban J connectivity index is 1.73. The van der Waals surface area contributed by atoms with Gasteiger partial charge in [-0.2, -0.15) is 0 Å². The maximum atomic E-state index is 12.9. The van der Waals surface area contributed by atoms with Crippen molar-refractivity contribution in [2.45, 2.75) is 105 Å². The third-order valence-electron chi connectivity index (χ3n) is 9.66. The predicted octanol–water partition coefficient (Wildman–Crippen LogP) is 6.74. The van der Waals surface area contributed by atoms with Gasteiger partial charge >= 0.3 is 5.97 Å². The zero-order valence-electron chi connectivity index (χ0n) is 19.5. The summed E-state index contributed by atoms with van der Waals surface area (Å²) in [6, 6.07) is 0. The van der Waals surface area contributed by atoms with Crippen LogP contribution in [0.4, 0.5) is 0 Å². The Morgan fingerprint density at radius 3 is 2.45 bits per heavy atom. The third kappa shape index (κ3) is 4.30. The Kier molecular flexibility index (Phi) is 6.85. The first-order valence-electron chi connectivity index (χ1n) is 12.3. The highest BCUT2D eigenvalue weighted by molar-refractivity contribution is 5.86. The first-order valence-corrected chi connectivity index (χ1v) is 12.3. The van der Waals surface area contributed by atoms with E-state index >= 15 is 0 Å². The molecule has 0 unspecified atom stereocenters. The second kappa shape index (κ2) is 8.71. The van der Waals surface area contributed by atoms with Gasteiger partial charge in [-0.15, -0.1) is 0 Å². The molecule has 3 rings (SSSR count). The molecule has 0 aliphatic heterocycles. The molecule has 29 heavy (non-hydrogen) atoms. The van der Waals surface area contributed by atoms with Gasteiger partial charge in [-0.25, -0.2) is 0 Å². The molecule has 0 saturated heterocycles. The quantitative estimate of drug-likeness (QED) is 0.487. The van der Waals surface area contributed by atoms with Gasteiger partial charge in [-0.3, -0.25) is 9.59 Å². The van der Waals surface area contributed by atoms with Crippen molar-refractivity contribution in [3.05, 3.63) is 0 Å². The highest BCUT2D eigenvalue weighted by atomic mass is 16.4. The first-order chi connectivity index (χ1) is 13.6. The fourth-order valence-corrected chi connectivity index (χ4v) is 7.99. The lowest BCUT2D eigenvalue weighted by atomic mass is 9.48. The lowest BCUT2D eigenvalue weighted by Crippen LogP contribution is -2.52. The molecule has 7 atom stereocenters. The maximum Gasteiger partial charge on any atom is 0.303 e. The summed E-state index contributed by atoms with van der Waals surface area (Å²) in [6.45, 7) is 11.8. The van der Waals surface area contributed by atoms with Crippen molar-refractivity contribution in [3.63, 3.8) is 0 Å². The van der Waals surface area contributed by atoms with Gasteiger partial charge in [0.2, 0.25) is 0 Å². The molecule has 0 aromatic rings. The third-order valence-corrected chi connectivity index (χ3v) is 9.66. The molecule has 3 fully saturated rings. The molecule has 0 aromatic carbocycles. The van der Waals surface area contributed by atoms with Gasteiger partial charge in [0.1, 0.15) is 5.78 Å². The molecule has 0 amide bonds. The molecular weight excluding hydrogens is 360 g/mol. The number of carbonyl (C=O) groups excluding carboxylic acids is 1. The van der Waals surface area contributed by atoms with Crippen molar-refractivity contribution in [1.82, 2.24) is 0 Å². The summed E-state index contributed by atoms with van der Waals surface area (Å²) < 4.78 is 0. The standard InChI is InChI=1S/C26H44O3/c1-17(2)7-6-8-18(3)20-10-11-21-19-9-12-23(27)26(5,16-14-24(28)29)22(19)13-15-25(20,21)4/h17-22H,6-16H2,1-5H3,(H,28,29)/t18-,19-,20+,21-,22-,25-,26-/m1/s1. The van der Waals surface area contributed by atoms with Crippen LogP contribution in [-0.4, -0.2) is 16.9 Å². The summed E-state index contributed by atoms with van der Waals surface area (Å²) in [5, 5.41) is 9.22. The van der Waals surface area contributed by atoms with E-state index in [0.717, 1.165) is 36.5 Å². The molecule has 0 heterocycles. The molecule has 0 aromatic heterocycles. The van der Waals surface area contributed by atoms with Crippen molar-refractivity contribution in [2.75, 3.05) is 0 Å². The highest BCUT2D eigenvalue weighted by Crippen LogP contribution is 2.65. The summed E-state index contributed by atoms with van der Waals surface area (Å²) in [5.41, 5.74) is 0.0100. The Morgan fingerprint density at radius 2 is 1.79 bits per heavy atom. The van der Waals surface area contributed by atoms with E-state index in [-0.39, 0.29) is 6.42 Å². The molecule has 0 spiro atoms. The SMILES string of the molecule is CC(C)CCC[C@@H](C)[C@@H]1CC[C@@H]2[C@H]3CCC(=O)[C@](C)(CCC(=O)O)[C@@H]3CC[C@@]21C. The molecule has 0 radical (unpaired) electrons. The molecular formula is C26H44O3. The van der Waals surface area contributed by atoms with Crippen LogP contribution in [0.1, 0.15) is 105 Å². The number of hydrogen-bond donors (Lipinski definition) is 1. The van der Waals surface area contributed by atoms with E-state index in [0.29, 0.717) is 35.9 Å². The van der Waals surface area contributed by atoms with Crippen molar-refractivity contribution < 1.29 is 14.7 Å². The Morgan fingerprint density at radius 1 is 1.07 bits per heavy atom. The number of carbonyl (C=O) groups is 2. The van der Waals surface area contributed by atoms with Gasteiger partial charge in [0.25, 0.3) is 0 Å². The second-order valence-electron chi connectivity index (χ2n) is 11.7. The summed E-state index contributed by atoms with van der Waals surface area (Å²) in [7, 11) is 0. The van der Waals surface area contributed by atoms with Gasteiger partial charge in [-0.1, -0.05) is 53.9 Å². The van der Waals surface area contributed by atoms with Crippen LogP contribution < -0.4 is 0 Å². The number of Topliss-reactive ketones (excluding diaryl/α,β-unsaturated/α-hetero) is 1. The fourth-order valence-electron chi connectivity index (χ4n) is 7.99. The number of aliphatic carboxylic acids is 1. The molecule has 0 bridgehead atoms. The van der Waals surface area contributed by atoms with E-state index in [4.69, 9.17) is 0 Å². The van der Waals surface area contributed by atoms with Gasteiger partial charge in [0, 0.05) is 18.3 Å². The zero-order chi connectivity index (χ0) is 21.4.